The van der Waals surface area contributed by atoms with Crippen molar-refractivity contribution in [2.75, 3.05) is 6.54 Å². The van der Waals surface area contributed by atoms with Crippen molar-refractivity contribution in [1.29, 1.82) is 0 Å². The lowest BCUT2D eigenvalue weighted by Gasteiger charge is -2.22. The third-order valence-electron chi connectivity index (χ3n) is 6.20. The number of rotatable bonds is 6. The van der Waals surface area contributed by atoms with Gasteiger partial charge in [-0.2, -0.15) is 22.6 Å². The SMILES string of the molecule is Cn1nc(C(F)(F)F)cc1-c1ccnc(CNC(=O)[C@@H]2CCCN2S(=O)(=O)c2cc3ccccc3o2)c1. The minimum atomic E-state index is -4.57. The van der Waals surface area contributed by atoms with Crippen molar-refractivity contribution < 1.29 is 30.8 Å². The Morgan fingerprint density at radius 3 is 2.70 bits per heavy atom. The number of alkyl halides is 3. The number of aryl methyl sites for hydroxylation is 1. The first-order chi connectivity index (χ1) is 17.5. The molecule has 1 N–H and O–H groups in total. The standard InChI is InChI=1S/C24H22F3N5O4S/c1-31-19(13-21(30-31)24(25,26)27)15-8-9-28-17(11-15)14-29-23(33)18-6-4-10-32(18)37(34,35)22-12-16-5-2-3-7-20(16)36-22/h2-3,5,7-9,11-13,18H,4,6,10,14H2,1H3,(H,29,33)/t18-/m0/s1. The van der Waals surface area contributed by atoms with Crippen molar-refractivity contribution in [2.24, 2.45) is 7.05 Å². The number of fused-ring (bicyclic) bond motifs is 1. The first-order valence-electron chi connectivity index (χ1n) is 11.4. The molecule has 13 heteroatoms. The van der Waals surface area contributed by atoms with Crippen molar-refractivity contribution in [3.05, 3.63) is 66.1 Å². The molecule has 0 bridgehead atoms. The fraction of sp³-hybridized carbons (Fsp3) is 0.292. The Bertz CT molecular complexity index is 1550. The number of hydrogen-bond donors (Lipinski definition) is 1. The monoisotopic (exact) mass is 533 g/mol. The van der Waals surface area contributed by atoms with E-state index in [-0.39, 0.29) is 23.9 Å². The van der Waals surface area contributed by atoms with Crippen LogP contribution in [0.4, 0.5) is 13.2 Å². The van der Waals surface area contributed by atoms with Crippen LogP contribution < -0.4 is 5.32 Å². The Labute approximate surface area is 209 Å². The van der Waals surface area contributed by atoms with Crippen LogP contribution in [0.5, 0.6) is 0 Å². The Kier molecular flexibility index (Phi) is 6.28. The number of para-hydroxylation sites is 1. The normalized spacial score (nSPS) is 16.9. The molecule has 0 saturated carbocycles. The number of nitrogens with one attached hydrogen (secondary N) is 1. The second-order valence-electron chi connectivity index (χ2n) is 8.67. The number of pyridine rings is 1. The molecule has 1 amide bonds. The largest absolute Gasteiger partial charge is 0.443 e. The third kappa shape index (κ3) is 4.83. The van der Waals surface area contributed by atoms with Gasteiger partial charge in [-0.1, -0.05) is 18.2 Å². The zero-order chi connectivity index (χ0) is 26.4. The van der Waals surface area contributed by atoms with Gasteiger partial charge in [0.1, 0.15) is 11.6 Å². The van der Waals surface area contributed by atoms with Crippen molar-refractivity contribution >= 4 is 26.9 Å². The van der Waals surface area contributed by atoms with E-state index in [4.69, 9.17) is 4.42 Å². The van der Waals surface area contributed by atoms with Gasteiger partial charge in [0.25, 0.3) is 10.0 Å². The van der Waals surface area contributed by atoms with Crippen LogP contribution in [-0.4, -0.2) is 46.0 Å². The number of aromatic nitrogens is 3. The summed E-state index contributed by atoms with van der Waals surface area (Å²) < 4.78 is 73.4. The van der Waals surface area contributed by atoms with Gasteiger partial charge in [-0.3, -0.25) is 14.5 Å². The van der Waals surface area contributed by atoms with E-state index in [0.717, 1.165) is 15.1 Å². The van der Waals surface area contributed by atoms with E-state index in [0.29, 0.717) is 35.1 Å². The summed E-state index contributed by atoms with van der Waals surface area (Å²) >= 11 is 0. The molecule has 5 rings (SSSR count). The molecule has 1 aromatic carbocycles. The average Bonchev–Trinajstić information content (AvgIpc) is 3.60. The van der Waals surface area contributed by atoms with Gasteiger partial charge in [0.15, 0.2) is 5.69 Å². The van der Waals surface area contributed by atoms with Crippen LogP contribution in [0.3, 0.4) is 0 Å². The molecule has 1 aliphatic heterocycles. The Hall–Kier alpha value is -3.71. The zero-order valence-electron chi connectivity index (χ0n) is 19.6. The Balaban J connectivity index is 1.30. The van der Waals surface area contributed by atoms with Crippen molar-refractivity contribution in [1.82, 2.24) is 24.4 Å². The molecular formula is C24H22F3N5O4S. The molecule has 1 aliphatic rings. The highest BCUT2D eigenvalue weighted by Gasteiger charge is 2.41. The fourth-order valence-electron chi connectivity index (χ4n) is 4.40. The van der Waals surface area contributed by atoms with E-state index < -0.39 is 33.8 Å². The van der Waals surface area contributed by atoms with Gasteiger partial charge in [0.2, 0.25) is 11.0 Å². The van der Waals surface area contributed by atoms with Crippen LogP contribution in [-0.2, 0) is 34.6 Å². The maximum absolute atomic E-state index is 13.3. The van der Waals surface area contributed by atoms with E-state index in [2.05, 4.69) is 15.4 Å². The van der Waals surface area contributed by atoms with E-state index in [9.17, 15) is 26.4 Å². The molecule has 1 saturated heterocycles. The topological polar surface area (TPSA) is 110 Å². The molecule has 4 aromatic rings. The quantitative estimate of drug-likeness (QED) is 0.405. The number of halogens is 3. The molecular weight excluding hydrogens is 511 g/mol. The van der Waals surface area contributed by atoms with Gasteiger partial charge in [-0.15, -0.1) is 0 Å². The average molecular weight is 534 g/mol. The minimum absolute atomic E-state index is 0.0360. The summed E-state index contributed by atoms with van der Waals surface area (Å²) in [6.45, 7) is 0.138. The van der Waals surface area contributed by atoms with Crippen LogP contribution in [0.2, 0.25) is 0 Å². The number of sulfonamides is 1. The van der Waals surface area contributed by atoms with Crippen LogP contribution in [0.25, 0.3) is 22.2 Å². The maximum atomic E-state index is 13.3. The van der Waals surface area contributed by atoms with E-state index in [1.807, 2.05) is 0 Å². The highest BCUT2D eigenvalue weighted by Crippen LogP contribution is 2.32. The zero-order valence-corrected chi connectivity index (χ0v) is 20.4. The van der Waals surface area contributed by atoms with Gasteiger partial charge in [0.05, 0.1) is 17.9 Å². The van der Waals surface area contributed by atoms with Crippen LogP contribution in [0.1, 0.15) is 24.2 Å². The summed E-state index contributed by atoms with van der Waals surface area (Å²) in [6.07, 6.45) is -2.30. The molecule has 0 unspecified atom stereocenters. The first kappa shape index (κ1) is 25.0. The van der Waals surface area contributed by atoms with E-state index in [1.54, 1.807) is 36.4 Å². The lowest BCUT2D eigenvalue weighted by atomic mass is 10.1. The molecule has 0 aliphatic carbocycles. The van der Waals surface area contributed by atoms with Gasteiger partial charge in [-0.25, -0.2) is 8.42 Å². The second-order valence-corrected chi connectivity index (χ2v) is 10.5. The van der Waals surface area contributed by atoms with Gasteiger partial charge < -0.3 is 9.73 Å². The van der Waals surface area contributed by atoms with Crippen LogP contribution in [0, 0.1) is 0 Å². The highest BCUT2D eigenvalue weighted by atomic mass is 32.2. The predicted octanol–water partition coefficient (Wildman–Crippen LogP) is 3.72. The van der Waals surface area contributed by atoms with Crippen LogP contribution in [0.15, 0.2) is 64.2 Å². The van der Waals surface area contributed by atoms with Crippen molar-refractivity contribution in [3.63, 3.8) is 0 Å². The van der Waals surface area contributed by atoms with Crippen LogP contribution >= 0.6 is 0 Å². The fourth-order valence-corrected chi connectivity index (χ4v) is 6.00. The number of carbonyl (C=O) groups is 1. The molecule has 9 nitrogen and oxygen atoms in total. The summed E-state index contributed by atoms with van der Waals surface area (Å²) in [7, 11) is -2.64. The lowest BCUT2D eigenvalue weighted by molar-refractivity contribution is -0.141. The number of benzene rings is 1. The summed E-state index contributed by atoms with van der Waals surface area (Å²) in [5.41, 5.74) is 0.498. The molecule has 3 aromatic heterocycles. The molecule has 0 radical (unpaired) electrons. The summed E-state index contributed by atoms with van der Waals surface area (Å²) in [5.74, 6) is -0.496. The number of furan rings is 1. The Morgan fingerprint density at radius 1 is 1.19 bits per heavy atom. The van der Waals surface area contributed by atoms with Crippen molar-refractivity contribution in [3.8, 4) is 11.3 Å². The second kappa shape index (κ2) is 9.30. The molecule has 37 heavy (non-hydrogen) atoms. The van der Waals surface area contributed by atoms with Gasteiger partial charge in [0, 0.05) is 36.8 Å². The summed E-state index contributed by atoms with van der Waals surface area (Å²) in [6, 6.07) is 11.5. The minimum Gasteiger partial charge on any atom is -0.443 e. The smallest absolute Gasteiger partial charge is 0.435 e. The number of hydrogen-bond acceptors (Lipinski definition) is 6. The predicted molar refractivity (Wildman–Crippen MR) is 126 cm³/mol. The lowest BCUT2D eigenvalue weighted by Crippen LogP contribution is -2.45. The number of amides is 1. The van der Waals surface area contributed by atoms with E-state index >= 15 is 0 Å². The molecule has 0 spiro atoms. The Morgan fingerprint density at radius 2 is 1.97 bits per heavy atom. The summed E-state index contributed by atoms with van der Waals surface area (Å²) in [5, 5.41) is 6.64. The van der Waals surface area contributed by atoms with Gasteiger partial charge >= 0.3 is 6.18 Å². The molecule has 1 atom stereocenters. The highest BCUT2D eigenvalue weighted by molar-refractivity contribution is 7.89. The van der Waals surface area contributed by atoms with E-state index in [1.165, 1.54) is 19.3 Å². The number of carbonyl (C=O) groups excluding carboxylic acids is 1. The third-order valence-corrected chi connectivity index (χ3v) is 7.96. The maximum Gasteiger partial charge on any atom is 0.435 e. The summed E-state index contributed by atoms with van der Waals surface area (Å²) in [4.78, 5) is 17.2. The molecule has 4 heterocycles. The van der Waals surface area contributed by atoms with Crippen molar-refractivity contribution in [2.45, 2.75) is 36.7 Å². The molecule has 194 valence electrons. The first-order valence-corrected chi connectivity index (χ1v) is 12.8. The van der Waals surface area contributed by atoms with Gasteiger partial charge in [-0.05, 0) is 37.1 Å². The number of nitrogens with zero attached hydrogens (tertiary/aromatic N) is 4. The molecule has 1 fully saturated rings.